The molecule has 9 nitrogen and oxygen atoms in total. The van der Waals surface area contributed by atoms with E-state index in [-0.39, 0.29) is 24.8 Å². The van der Waals surface area contributed by atoms with E-state index in [1.807, 2.05) is 17.5 Å². The number of aromatic nitrogens is 4. The van der Waals surface area contributed by atoms with Gasteiger partial charge in [0.25, 0.3) is 0 Å². The Balaban J connectivity index is 1.32. The van der Waals surface area contributed by atoms with Crippen molar-refractivity contribution in [3.63, 3.8) is 0 Å². The van der Waals surface area contributed by atoms with E-state index >= 15 is 0 Å². The maximum Gasteiger partial charge on any atom is 0.330 e. The number of anilines is 1. The van der Waals surface area contributed by atoms with Gasteiger partial charge in [0, 0.05) is 17.7 Å². The number of ketones is 1. The fourth-order valence-electron chi connectivity index (χ4n) is 2.76. The summed E-state index contributed by atoms with van der Waals surface area (Å²) >= 11 is 1.47. The molecule has 0 radical (unpaired) electrons. The van der Waals surface area contributed by atoms with Gasteiger partial charge in [0.2, 0.25) is 11.7 Å². The minimum Gasteiger partial charge on any atom is -0.456 e. The summed E-state index contributed by atoms with van der Waals surface area (Å²) in [7, 11) is 0. The van der Waals surface area contributed by atoms with Gasteiger partial charge in [-0.1, -0.05) is 6.07 Å². The van der Waals surface area contributed by atoms with Crippen molar-refractivity contribution in [2.75, 3.05) is 11.9 Å². The summed E-state index contributed by atoms with van der Waals surface area (Å²) < 4.78 is 5.04. The molecule has 1 amide bonds. The normalized spacial score (nSPS) is 12.9. The quantitative estimate of drug-likeness (QED) is 0.497. The van der Waals surface area contributed by atoms with Crippen LogP contribution in [0.1, 0.15) is 22.3 Å². The minimum atomic E-state index is -0.631. The second kappa shape index (κ2) is 7.69. The van der Waals surface area contributed by atoms with Crippen LogP contribution in [-0.2, 0) is 27.3 Å². The number of hydrogen-bond acceptors (Lipinski definition) is 8. The first-order chi connectivity index (χ1) is 13.6. The van der Waals surface area contributed by atoms with Crippen molar-refractivity contribution in [3.8, 4) is 10.7 Å². The van der Waals surface area contributed by atoms with Crippen LogP contribution in [0.4, 0.5) is 5.69 Å². The number of esters is 1. The van der Waals surface area contributed by atoms with Gasteiger partial charge in [-0.2, -0.15) is 4.80 Å². The van der Waals surface area contributed by atoms with Crippen LogP contribution >= 0.6 is 11.3 Å². The van der Waals surface area contributed by atoms with Crippen LogP contribution in [0, 0.1) is 0 Å². The van der Waals surface area contributed by atoms with E-state index < -0.39 is 5.97 Å². The van der Waals surface area contributed by atoms with E-state index in [0.29, 0.717) is 29.9 Å². The lowest BCUT2D eigenvalue weighted by Gasteiger charge is -2.17. The van der Waals surface area contributed by atoms with Crippen molar-refractivity contribution >= 4 is 34.7 Å². The fraction of sp³-hybridized carbons (Fsp3) is 0.222. The molecule has 0 saturated carbocycles. The fourth-order valence-corrected chi connectivity index (χ4v) is 3.41. The molecule has 0 spiro atoms. The van der Waals surface area contributed by atoms with Crippen molar-refractivity contribution in [1.82, 2.24) is 20.2 Å². The number of tetrazole rings is 1. The summed E-state index contributed by atoms with van der Waals surface area (Å²) in [6, 6.07) is 8.74. The summed E-state index contributed by atoms with van der Waals surface area (Å²) in [5.41, 5.74) is 2.04. The number of amides is 1. The number of nitrogens with one attached hydrogen (secondary N) is 1. The number of hydrogen-bond donors (Lipinski definition) is 1. The molecule has 0 aliphatic carbocycles. The Labute approximate surface area is 163 Å². The third-order valence-electron chi connectivity index (χ3n) is 4.15. The van der Waals surface area contributed by atoms with Crippen LogP contribution in [0.15, 0.2) is 35.7 Å². The number of carbonyl (C=O) groups is 3. The zero-order chi connectivity index (χ0) is 19.5. The number of thiophene rings is 1. The highest BCUT2D eigenvalue weighted by Crippen LogP contribution is 2.24. The highest BCUT2D eigenvalue weighted by atomic mass is 32.1. The molecule has 0 bridgehead atoms. The molecule has 0 fully saturated rings. The van der Waals surface area contributed by atoms with E-state index in [4.69, 9.17) is 4.74 Å². The van der Waals surface area contributed by atoms with Crippen LogP contribution in [0.2, 0.25) is 0 Å². The smallest absolute Gasteiger partial charge is 0.330 e. The Kier molecular flexibility index (Phi) is 4.94. The van der Waals surface area contributed by atoms with Crippen molar-refractivity contribution in [3.05, 3.63) is 46.8 Å². The number of fused-ring (bicyclic) bond motifs is 1. The second-order valence-electron chi connectivity index (χ2n) is 6.12. The van der Waals surface area contributed by atoms with Crippen molar-refractivity contribution in [2.24, 2.45) is 0 Å². The molecule has 4 rings (SSSR count). The SMILES string of the molecule is O=C1CCc2cc(C(=O)COC(=O)Cn3nnc(-c4cccs4)n3)ccc2N1. The Morgan fingerprint density at radius 3 is 2.96 bits per heavy atom. The summed E-state index contributed by atoms with van der Waals surface area (Å²) in [6.07, 6.45) is 0.963. The molecule has 0 saturated heterocycles. The first kappa shape index (κ1) is 18.0. The molecule has 0 unspecified atom stereocenters. The number of Topliss-reactive ketones (excluding diaryl/α,β-unsaturated/α-hetero) is 1. The number of nitrogens with zero attached hydrogens (tertiary/aromatic N) is 4. The van der Waals surface area contributed by atoms with Crippen LogP contribution in [-0.4, -0.2) is 44.5 Å². The standard InChI is InChI=1S/C18H15N5O4S/c24-14(12-3-5-13-11(8-12)4-6-16(25)19-13)10-27-17(26)9-23-21-18(20-22-23)15-2-1-7-28-15/h1-3,5,7-8H,4,6,9-10H2,(H,19,25). The zero-order valence-corrected chi connectivity index (χ0v) is 15.4. The van der Waals surface area contributed by atoms with Crippen molar-refractivity contribution < 1.29 is 19.1 Å². The van der Waals surface area contributed by atoms with Gasteiger partial charge in [-0.25, -0.2) is 4.79 Å². The molecule has 1 aliphatic rings. The Bertz CT molecular complexity index is 1040. The molecule has 2 aromatic heterocycles. The number of benzene rings is 1. The van der Waals surface area contributed by atoms with E-state index in [1.165, 1.54) is 11.3 Å². The Morgan fingerprint density at radius 2 is 2.14 bits per heavy atom. The van der Waals surface area contributed by atoms with Gasteiger partial charge >= 0.3 is 5.97 Å². The predicted octanol–water partition coefficient (Wildman–Crippen LogP) is 1.71. The monoisotopic (exact) mass is 397 g/mol. The molecule has 1 aromatic carbocycles. The molecule has 3 heterocycles. The molecule has 3 aromatic rings. The second-order valence-corrected chi connectivity index (χ2v) is 7.07. The maximum absolute atomic E-state index is 12.3. The molecule has 0 atom stereocenters. The Hall–Kier alpha value is -3.40. The molecule has 10 heteroatoms. The molecular weight excluding hydrogens is 382 g/mol. The topological polar surface area (TPSA) is 116 Å². The van der Waals surface area contributed by atoms with E-state index in [0.717, 1.165) is 15.2 Å². The first-order valence-corrected chi connectivity index (χ1v) is 9.40. The van der Waals surface area contributed by atoms with Crippen LogP contribution in [0.25, 0.3) is 10.7 Å². The van der Waals surface area contributed by atoms with Gasteiger partial charge in [0.15, 0.2) is 18.9 Å². The van der Waals surface area contributed by atoms with Crippen LogP contribution in [0.5, 0.6) is 0 Å². The molecular formula is C18H15N5O4S. The average Bonchev–Trinajstić information content (AvgIpc) is 3.37. The van der Waals surface area contributed by atoms with Gasteiger partial charge in [0.1, 0.15) is 0 Å². The van der Waals surface area contributed by atoms with Crippen LogP contribution < -0.4 is 5.32 Å². The van der Waals surface area contributed by atoms with E-state index in [9.17, 15) is 14.4 Å². The van der Waals surface area contributed by atoms with E-state index in [2.05, 4.69) is 20.7 Å². The first-order valence-electron chi connectivity index (χ1n) is 8.52. The highest BCUT2D eigenvalue weighted by Gasteiger charge is 2.18. The van der Waals surface area contributed by atoms with Gasteiger partial charge < -0.3 is 10.1 Å². The number of carbonyl (C=O) groups excluding carboxylic acids is 3. The van der Waals surface area contributed by atoms with Gasteiger partial charge in [-0.05, 0) is 46.8 Å². The van der Waals surface area contributed by atoms with Crippen LogP contribution in [0.3, 0.4) is 0 Å². The van der Waals surface area contributed by atoms with Crippen molar-refractivity contribution in [2.45, 2.75) is 19.4 Å². The molecule has 1 N–H and O–H groups in total. The number of aryl methyl sites for hydroxylation is 1. The number of rotatable bonds is 6. The zero-order valence-electron chi connectivity index (χ0n) is 14.6. The minimum absolute atomic E-state index is 0.0375. The lowest BCUT2D eigenvalue weighted by molar-refractivity contribution is -0.143. The lowest BCUT2D eigenvalue weighted by atomic mass is 9.99. The van der Waals surface area contributed by atoms with Gasteiger partial charge in [-0.3, -0.25) is 9.59 Å². The largest absolute Gasteiger partial charge is 0.456 e. The third-order valence-corrected chi connectivity index (χ3v) is 5.02. The van der Waals surface area contributed by atoms with Gasteiger partial charge in [0.05, 0.1) is 4.88 Å². The summed E-state index contributed by atoms with van der Waals surface area (Å²) in [5.74, 6) is -0.558. The van der Waals surface area contributed by atoms with E-state index in [1.54, 1.807) is 18.2 Å². The number of ether oxygens (including phenoxy) is 1. The maximum atomic E-state index is 12.3. The lowest BCUT2D eigenvalue weighted by Crippen LogP contribution is -2.21. The Morgan fingerprint density at radius 1 is 1.25 bits per heavy atom. The summed E-state index contributed by atoms with van der Waals surface area (Å²) in [5, 5.41) is 16.5. The molecule has 1 aliphatic heterocycles. The molecule has 28 heavy (non-hydrogen) atoms. The predicted molar refractivity (Wildman–Crippen MR) is 99.8 cm³/mol. The highest BCUT2D eigenvalue weighted by molar-refractivity contribution is 7.13. The average molecular weight is 397 g/mol. The summed E-state index contributed by atoms with van der Waals surface area (Å²) in [4.78, 5) is 37.6. The van der Waals surface area contributed by atoms with Gasteiger partial charge in [-0.15, -0.1) is 21.5 Å². The van der Waals surface area contributed by atoms with Crippen molar-refractivity contribution in [1.29, 1.82) is 0 Å². The third kappa shape index (κ3) is 3.96. The molecule has 142 valence electrons. The summed E-state index contributed by atoms with van der Waals surface area (Å²) in [6.45, 7) is -0.613.